The highest BCUT2D eigenvalue weighted by Crippen LogP contribution is 2.42. The van der Waals surface area contributed by atoms with Crippen LogP contribution in [0.1, 0.15) is 5.56 Å². The molecule has 0 atom stereocenters. The Balaban J connectivity index is 1.75. The van der Waals surface area contributed by atoms with Gasteiger partial charge in [0.05, 0.1) is 41.9 Å². The van der Waals surface area contributed by atoms with E-state index in [2.05, 4.69) is 19.9 Å². The average Bonchev–Trinajstić information content (AvgIpc) is 3.26. The molecule has 14 heteroatoms. The Labute approximate surface area is 188 Å². The Morgan fingerprint density at radius 1 is 1.09 bits per heavy atom. The van der Waals surface area contributed by atoms with Crippen LogP contribution < -0.4 is 9.04 Å². The monoisotopic (exact) mass is 497 g/mol. The number of rotatable bonds is 3. The zero-order valence-corrected chi connectivity index (χ0v) is 17.6. The van der Waals surface area contributed by atoms with Crippen LogP contribution >= 0.6 is 0 Å². The SMILES string of the molecule is O=S(=O)(c1cc2c(-c3ncc(F)cn3)c(C(F)(F)F)cc(F)c2[nH]1)N1CCOc2cnccc21. The van der Waals surface area contributed by atoms with Crippen LogP contribution in [0.4, 0.5) is 27.6 Å². The first-order chi connectivity index (χ1) is 16.1. The van der Waals surface area contributed by atoms with Gasteiger partial charge in [-0.1, -0.05) is 0 Å². The Kier molecular flexibility index (Phi) is 4.93. The van der Waals surface area contributed by atoms with Gasteiger partial charge in [0.15, 0.2) is 22.4 Å². The molecule has 0 saturated heterocycles. The molecule has 1 N–H and O–H groups in total. The Bertz CT molecular complexity index is 1520. The summed E-state index contributed by atoms with van der Waals surface area (Å²) < 4.78 is 103. The van der Waals surface area contributed by atoms with Crippen LogP contribution in [0.15, 0.2) is 48.0 Å². The molecular formula is C20H12F5N5O3S. The van der Waals surface area contributed by atoms with Crippen LogP contribution in [0.25, 0.3) is 22.3 Å². The van der Waals surface area contributed by atoms with Gasteiger partial charge in [0, 0.05) is 17.1 Å². The third-order valence-electron chi connectivity index (χ3n) is 5.14. The normalized spacial score (nSPS) is 14.2. The number of benzene rings is 1. The van der Waals surface area contributed by atoms with E-state index in [0.29, 0.717) is 12.4 Å². The molecule has 4 aromatic rings. The molecule has 0 amide bonds. The molecule has 3 aromatic heterocycles. The van der Waals surface area contributed by atoms with Crippen molar-refractivity contribution in [1.82, 2.24) is 19.9 Å². The van der Waals surface area contributed by atoms with Crippen LogP contribution in [0, 0.1) is 11.6 Å². The van der Waals surface area contributed by atoms with Crippen molar-refractivity contribution in [3.63, 3.8) is 0 Å². The van der Waals surface area contributed by atoms with E-state index >= 15 is 0 Å². The van der Waals surface area contributed by atoms with Crippen molar-refractivity contribution in [2.24, 2.45) is 0 Å². The number of hydrogen-bond acceptors (Lipinski definition) is 6. The largest absolute Gasteiger partial charge is 0.488 e. The van der Waals surface area contributed by atoms with E-state index in [9.17, 15) is 30.4 Å². The summed E-state index contributed by atoms with van der Waals surface area (Å²) in [6, 6.07) is 2.49. The van der Waals surface area contributed by atoms with Crippen molar-refractivity contribution in [2.75, 3.05) is 17.5 Å². The molecule has 176 valence electrons. The lowest BCUT2D eigenvalue weighted by Crippen LogP contribution is -2.38. The van der Waals surface area contributed by atoms with E-state index in [1.165, 1.54) is 18.5 Å². The van der Waals surface area contributed by atoms with Crippen molar-refractivity contribution in [2.45, 2.75) is 11.2 Å². The highest BCUT2D eigenvalue weighted by molar-refractivity contribution is 7.92. The summed E-state index contributed by atoms with van der Waals surface area (Å²) in [5, 5.41) is -0.991. The van der Waals surface area contributed by atoms with Gasteiger partial charge in [0.1, 0.15) is 12.4 Å². The molecule has 0 bridgehead atoms. The summed E-state index contributed by atoms with van der Waals surface area (Å²) in [5.41, 5.74) is -2.46. The molecule has 8 nitrogen and oxygen atoms in total. The molecule has 0 radical (unpaired) electrons. The van der Waals surface area contributed by atoms with Gasteiger partial charge in [-0.05, 0) is 18.2 Å². The second-order valence-electron chi connectivity index (χ2n) is 7.19. The molecule has 1 aliphatic heterocycles. The predicted octanol–water partition coefficient (Wildman–Crippen LogP) is 3.90. The smallest absolute Gasteiger partial charge is 0.417 e. The molecule has 34 heavy (non-hydrogen) atoms. The maximum absolute atomic E-state index is 14.8. The van der Waals surface area contributed by atoms with Crippen molar-refractivity contribution < 1.29 is 35.1 Å². The third kappa shape index (κ3) is 3.50. The van der Waals surface area contributed by atoms with Crippen LogP contribution in [-0.2, 0) is 16.2 Å². The van der Waals surface area contributed by atoms with Gasteiger partial charge >= 0.3 is 6.18 Å². The van der Waals surface area contributed by atoms with E-state index in [1.807, 2.05) is 0 Å². The van der Waals surface area contributed by atoms with Crippen LogP contribution in [0.2, 0.25) is 0 Å². The molecule has 5 rings (SSSR count). The van der Waals surface area contributed by atoms with Crippen LogP contribution in [0.3, 0.4) is 0 Å². The molecule has 1 aliphatic rings. The summed E-state index contributed by atoms with van der Waals surface area (Å²) in [4.78, 5) is 13.4. The van der Waals surface area contributed by atoms with E-state index in [-0.39, 0.29) is 30.7 Å². The summed E-state index contributed by atoms with van der Waals surface area (Å²) >= 11 is 0. The second kappa shape index (κ2) is 7.62. The van der Waals surface area contributed by atoms with E-state index in [4.69, 9.17) is 4.74 Å². The van der Waals surface area contributed by atoms with Gasteiger partial charge in [-0.2, -0.15) is 21.6 Å². The number of alkyl halides is 3. The van der Waals surface area contributed by atoms with Gasteiger partial charge in [-0.25, -0.2) is 18.7 Å². The van der Waals surface area contributed by atoms with Crippen LogP contribution in [0.5, 0.6) is 5.75 Å². The number of nitrogens with zero attached hydrogens (tertiary/aromatic N) is 4. The zero-order chi connectivity index (χ0) is 24.3. The van der Waals surface area contributed by atoms with Crippen molar-refractivity contribution in [3.8, 4) is 17.1 Å². The highest BCUT2D eigenvalue weighted by atomic mass is 32.2. The number of H-pyrrole nitrogens is 1. The Morgan fingerprint density at radius 2 is 1.82 bits per heavy atom. The number of ether oxygens (including phenoxy) is 1. The highest BCUT2D eigenvalue weighted by Gasteiger charge is 2.38. The summed E-state index contributed by atoms with van der Waals surface area (Å²) in [5.74, 6) is -2.58. The Morgan fingerprint density at radius 3 is 2.53 bits per heavy atom. The number of nitrogens with one attached hydrogen (secondary N) is 1. The first-order valence-corrected chi connectivity index (χ1v) is 11.0. The van der Waals surface area contributed by atoms with E-state index in [0.717, 1.165) is 10.4 Å². The first kappa shape index (κ1) is 22.0. The fraction of sp³-hybridized carbons (Fsp3) is 0.150. The number of anilines is 1. The maximum atomic E-state index is 14.8. The minimum Gasteiger partial charge on any atom is -0.488 e. The van der Waals surface area contributed by atoms with Gasteiger partial charge in [-0.3, -0.25) is 9.29 Å². The maximum Gasteiger partial charge on any atom is 0.417 e. The molecule has 0 unspecified atom stereocenters. The lowest BCUT2D eigenvalue weighted by molar-refractivity contribution is -0.137. The summed E-state index contributed by atoms with van der Waals surface area (Å²) in [6.45, 7) is -0.0989. The Hall–Kier alpha value is -3.81. The summed E-state index contributed by atoms with van der Waals surface area (Å²) in [7, 11) is -4.39. The number of sulfonamides is 1. The molecule has 0 fully saturated rings. The third-order valence-corrected chi connectivity index (χ3v) is 6.88. The topological polar surface area (TPSA) is 101 Å². The van der Waals surface area contributed by atoms with Crippen molar-refractivity contribution >= 4 is 26.6 Å². The first-order valence-electron chi connectivity index (χ1n) is 9.57. The lowest BCUT2D eigenvalue weighted by atomic mass is 10.0. The van der Waals surface area contributed by atoms with Crippen molar-refractivity contribution in [1.29, 1.82) is 0 Å². The van der Waals surface area contributed by atoms with Crippen LogP contribution in [-0.4, -0.2) is 41.5 Å². The minimum atomic E-state index is -5.03. The molecule has 0 spiro atoms. The molecule has 1 aromatic carbocycles. The minimum absolute atomic E-state index is 0.000591. The number of pyridine rings is 1. The fourth-order valence-electron chi connectivity index (χ4n) is 3.69. The van der Waals surface area contributed by atoms with Gasteiger partial charge < -0.3 is 9.72 Å². The number of halogens is 5. The number of aromatic nitrogens is 4. The quantitative estimate of drug-likeness (QED) is 0.431. The van der Waals surface area contributed by atoms with Gasteiger partial charge in [0.2, 0.25) is 0 Å². The predicted molar refractivity (Wildman–Crippen MR) is 109 cm³/mol. The number of hydrogen-bond donors (Lipinski definition) is 1. The van der Waals surface area contributed by atoms with E-state index in [1.54, 1.807) is 0 Å². The van der Waals surface area contributed by atoms with Gasteiger partial charge in [0.25, 0.3) is 10.0 Å². The van der Waals surface area contributed by atoms with E-state index < -0.39 is 60.7 Å². The lowest BCUT2D eigenvalue weighted by Gasteiger charge is -2.29. The summed E-state index contributed by atoms with van der Waals surface area (Å²) in [6.07, 6.45) is -1.06. The van der Waals surface area contributed by atoms with Crippen molar-refractivity contribution in [3.05, 3.63) is 60.2 Å². The molecule has 4 heterocycles. The second-order valence-corrected chi connectivity index (χ2v) is 9.03. The zero-order valence-electron chi connectivity index (χ0n) is 16.8. The fourth-order valence-corrected chi connectivity index (χ4v) is 5.15. The number of aromatic amines is 1. The average molecular weight is 497 g/mol. The molecule has 0 aliphatic carbocycles. The standard InChI is InChI=1S/C20H12F5N5O3S/c21-10-7-27-19(28-8-10)17-11-5-16(29-18(11)13(22)6-12(17)20(23,24)25)34(31,32)30-3-4-33-15-9-26-2-1-14(15)30/h1-2,5-9,29H,3-4H2. The molecular weight excluding hydrogens is 485 g/mol. The molecule has 0 saturated carbocycles. The van der Waals surface area contributed by atoms with Gasteiger partial charge in [-0.15, -0.1) is 0 Å². The number of fused-ring (bicyclic) bond motifs is 2.